The maximum Gasteiger partial charge on any atom is 0.326 e. The highest BCUT2D eigenvalue weighted by molar-refractivity contribution is 5.92. The van der Waals surface area contributed by atoms with Crippen LogP contribution in [0.4, 0.5) is 10.5 Å². The van der Waals surface area contributed by atoms with Gasteiger partial charge in [-0.3, -0.25) is 5.10 Å². The number of carboxylic acid groups (broad SMARTS) is 1. The number of carboxylic acids is 1. The molecule has 0 radical (unpaired) electrons. The number of amides is 2. The molecule has 0 fully saturated rings. The van der Waals surface area contributed by atoms with Gasteiger partial charge in [-0.25, -0.2) is 9.59 Å². The number of urea groups is 1. The van der Waals surface area contributed by atoms with Crippen molar-refractivity contribution in [2.45, 2.75) is 12.5 Å². The quantitative estimate of drug-likeness (QED) is 0.548. The van der Waals surface area contributed by atoms with Crippen molar-refractivity contribution in [2.75, 3.05) is 5.32 Å². The second-order valence-electron chi connectivity index (χ2n) is 5.74. The molecule has 1 heterocycles. The molecule has 0 aliphatic heterocycles. The van der Waals surface area contributed by atoms with Gasteiger partial charge in [0.1, 0.15) is 6.04 Å². The summed E-state index contributed by atoms with van der Waals surface area (Å²) in [6, 6.07) is 14.8. The summed E-state index contributed by atoms with van der Waals surface area (Å²) in [5.74, 6) is -1.08. The summed E-state index contributed by atoms with van der Waals surface area (Å²) in [7, 11) is 0. The number of nitrogens with zero attached hydrogens (tertiary/aromatic N) is 1. The van der Waals surface area contributed by atoms with Gasteiger partial charge in [0, 0.05) is 23.9 Å². The Labute approximate surface area is 150 Å². The average Bonchev–Trinajstić information content (AvgIpc) is 3.17. The number of hydrogen-bond acceptors (Lipinski definition) is 3. The van der Waals surface area contributed by atoms with Crippen LogP contribution in [0.15, 0.2) is 67.0 Å². The highest BCUT2D eigenvalue weighted by Crippen LogP contribution is 2.19. The number of H-pyrrole nitrogens is 1. The maximum absolute atomic E-state index is 12.1. The van der Waals surface area contributed by atoms with Crippen molar-refractivity contribution >= 4 is 17.7 Å². The Hall–Kier alpha value is -3.61. The lowest BCUT2D eigenvalue weighted by Gasteiger charge is -2.15. The van der Waals surface area contributed by atoms with Gasteiger partial charge in [0.2, 0.25) is 0 Å². The van der Waals surface area contributed by atoms with Crippen LogP contribution in [0.5, 0.6) is 0 Å². The molecule has 1 atom stereocenters. The zero-order valence-electron chi connectivity index (χ0n) is 13.8. The van der Waals surface area contributed by atoms with E-state index in [1.54, 1.807) is 24.5 Å². The molecule has 0 saturated heterocycles. The summed E-state index contributed by atoms with van der Waals surface area (Å²) in [6.45, 7) is 0. The minimum atomic E-state index is -1.08. The minimum Gasteiger partial charge on any atom is -0.480 e. The molecule has 26 heavy (non-hydrogen) atoms. The van der Waals surface area contributed by atoms with Crippen molar-refractivity contribution in [3.63, 3.8) is 0 Å². The topological polar surface area (TPSA) is 107 Å². The van der Waals surface area contributed by atoms with Crippen LogP contribution >= 0.6 is 0 Å². The monoisotopic (exact) mass is 350 g/mol. The van der Waals surface area contributed by atoms with E-state index >= 15 is 0 Å². The zero-order valence-corrected chi connectivity index (χ0v) is 13.8. The highest BCUT2D eigenvalue weighted by atomic mass is 16.4. The normalized spacial score (nSPS) is 11.5. The molecule has 3 rings (SSSR count). The maximum atomic E-state index is 12.1. The Bertz CT molecular complexity index is 862. The van der Waals surface area contributed by atoms with E-state index in [9.17, 15) is 14.7 Å². The van der Waals surface area contributed by atoms with Gasteiger partial charge in [-0.15, -0.1) is 0 Å². The van der Waals surface area contributed by atoms with Crippen LogP contribution in [0.2, 0.25) is 0 Å². The fourth-order valence-electron chi connectivity index (χ4n) is 2.53. The van der Waals surface area contributed by atoms with Crippen LogP contribution in [-0.4, -0.2) is 33.3 Å². The number of carbonyl (C=O) groups excluding carboxylic acids is 1. The van der Waals surface area contributed by atoms with E-state index in [4.69, 9.17) is 0 Å². The molecule has 0 bridgehead atoms. The third-order valence-electron chi connectivity index (χ3n) is 3.86. The lowest BCUT2D eigenvalue weighted by Crippen LogP contribution is -2.44. The van der Waals surface area contributed by atoms with Crippen molar-refractivity contribution in [2.24, 2.45) is 0 Å². The Morgan fingerprint density at radius 2 is 1.77 bits per heavy atom. The predicted molar refractivity (Wildman–Crippen MR) is 97.7 cm³/mol. The number of aliphatic carboxylic acids is 1. The Balaban J connectivity index is 1.60. The summed E-state index contributed by atoms with van der Waals surface area (Å²) < 4.78 is 0. The lowest BCUT2D eigenvalue weighted by atomic mass is 10.1. The van der Waals surface area contributed by atoms with E-state index in [1.807, 2.05) is 42.5 Å². The third-order valence-corrected chi connectivity index (χ3v) is 3.86. The highest BCUT2D eigenvalue weighted by Gasteiger charge is 2.20. The first kappa shape index (κ1) is 17.2. The first-order chi connectivity index (χ1) is 12.6. The first-order valence-corrected chi connectivity index (χ1v) is 8.05. The average molecular weight is 350 g/mol. The van der Waals surface area contributed by atoms with E-state index < -0.39 is 18.0 Å². The van der Waals surface area contributed by atoms with E-state index in [1.165, 1.54) is 0 Å². The van der Waals surface area contributed by atoms with Gasteiger partial charge in [0.05, 0.1) is 6.20 Å². The van der Waals surface area contributed by atoms with Crippen molar-refractivity contribution in [3.05, 3.63) is 72.6 Å². The Morgan fingerprint density at radius 3 is 2.38 bits per heavy atom. The van der Waals surface area contributed by atoms with Crippen LogP contribution in [-0.2, 0) is 11.2 Å². The second-order valence-corrected chi connectivity index (χ2v) is 5.74. The molecule has 7 nitrogen and oxygen atoms in total. The molecular weight excluding hydrogens is 332 g/mol. The van der Waals surface area contributed by atoms with Crippen molar-refractivity contribution in [1.82, 2.24) is 15.5 Å². The molecular formula is C19H18N4O3. The molecule has 2 aromatic carbocycles. The number of nitrogens with one attached hydrogen (secondary N) is 3. The van der Waals surface area contributed by atoms with Crippen molar-refractivity contribution < 1.29 is 14.7 Å². The van der Waals surface area contributed by atoms with Crippen molar-refractivity contribution in [3.8, 4) is 11.1 Å². The molecule has 0 aliphatic rings. The number of hydrogen-bond donors (Lipinski definition) is 4. The predicted octanol–water partition coefficient (Wildman–Crippen LogP) is 2.89. The van der Waals surface area contributed by atoms with Crippen LogP contribution in [0, 0.1) is 0 Å². The molecule has 0 aliphatic carbocycles. The fraction of sp³-hybridized carbons (Fsp3) is 0.105. The summed E-state index contributed by atoms with van der Waals surface area (Å²) in [5.41, 5.74) is 3.30. The smallest absolute Gasteiger partial charge is 0.326 e. The van der Waals surface area contributed by atoms with E-state index in [0.29, 0.717) is 5.69 Å². The van der Waals surface area contributed by atoms with Gasteiger partial charge in [-0.2, -0.15) is 5.10 Å². The van der Waals surface area contributed by atoms with Gasteiger partial charge in [-0.1, -0.05) is 42.5 Å². The van der Waals surface area contributed by atoms with Gasteiger partial charge in [0.15, 0.2) is 0 Å². The number of anilines is 1. The summed E-state index contributed by atoms with van der Waals surface area (Å²) >= 11 is 0. The van der Waals surface area contributed by atoms with E-state index in [2.05, 4.69) is 20.8 Å². The molecule has 3 aromatic rings. The number of rotatable bonds is 6. The molecule has 0 saturated carbocycles. The Morgan fingerprint density at radius 1 is 1.04 bits per heavy atom. The molecule has 0 unspecified atom stereocenters. The molecule has 4 N–H and O–H groups in total. The van der Waals surface area contributed by atoms with Gasteiger partial charge in [-0.05, 0) is 23.3 Å². The van der Waals surface area contributed by atoms with Crippen LogP contribution in [0.3, 0.4) is 0 Å². The fourth-order valence-corrected chi connectivity index (χ4v) is 2.53. The van der Waals surface area contributed by atoms with Crippen molar-refractivity contribution in [1.29, 1.82) is 0 Å². The van der Waals surface area contributed by atoms with Gasteiger partial charge in [0.25, 0.3) is 0 Å². The van der Waals surface area contributed by atoms with Crippen LogP contribution in [0.1, 0.15) is 5.56 Å². The molecule has 2 amide bonds. The standard InChI is InChI=1S/C19H18N4O3/c24-18(25)17(10-13-4-2-1-3-5-13)23-19(26)22-16-8-6-14(7-9-16)15-11-20-21-12-15/h1-9,11-12,17H,10H2,(H,20,21)(H,24,25)(H2,22,23,26)/t17-/m1/s1. The number of aromatic nitrogens is 2. The molecule has 1 aromatic heterocycles. The van der Waals surface area contributed by atoms with E-state index in [0.717, 1.165) is 16.7 Å². The number of carbonyl (C=O) groups is 2. The summed E-state index contributed by atoms with van der Waals surface area (Å²) in [6.07, 6.45) is 3.69. The molecule has 0 spiro atoms. The Kier molecular flexibility index (Phi) is 5.28. The number of aromatic amines is 1. The summed E-state index contributed by atoms with van der Waals surface area (Å²) in [5, 5.41) is 21.1. The second kappa shape index (κ2) is 7.98. The third kappa shape index (κ3) is 4.47. The lowest BCUT2D eigenvalue weighted by molar-refractivity contribution is -0.139. The van der Waals surface area contributed by atoms with E-state index in [-0.39, 0.29) is 6.42 Å². The SMILES string of the molecule is O=C(Nc1ccc(-c2cn[nH]c2)cc1)N[C@H](Cc1ccccc1)C(=O)O. The molecule has 7 heteroatoms. The summed E-state index contributed by atoms with van der Waals surface area (Å²) in [4.78, 5) is 23.5. The molecule has 132 valence electrons. The number of benzene rings is 2. The first-order valence-electron chi connectivity index (χ1n) is 8.05. The minimum absolute atomic E-state index is 0.211. The largest absolute Gasteiger partial charge is 0.480 e. The zero-order chi connectivity index (χ0) is 18.4. The van der Waals surface area contributed by atoms with Gasteiger partial charge >= 0.3 is 12.0 Å². The van der Waals surface area contributed by atoms with Crippen LogP contribution < -0.4 is 10.6 Å². The van der Waals surface area contributed by atoms with Gasteiger partial charge < -0.3 is 15.7 Å². The van der Waals surface area contributed by atoms with Crippen LogP contribution in [0.25, 0.3) is 11.1 Å².